The lowest BCUT2D eigenvalue weighted by molar-refractivity contribution is 0.637. The third-order valence-electron chi connectivity index (χ3n) is 2.48. The predicted molar refractivity (Wildman–Crippen MR) is 63.9 cm³/mol. The summed E-state index contributed by atoms with van der Waals surface area (Å²) in [5, 5.41) is 1.10. The van der Waals surface area contributed by atoms with Crippen LogP contribution in [0, 0.1) is 5.82 Å². The van der Waals surface area contributed by atoms with Crippen LogP contribution in [-0.4, -0.2) is 4.98 Å². The first-order chi connectivity index (χ1) is 7.67. The first-order valence-corrected chi connectivity index (χ1v) is 5.29. The van der Waals surface area contributed by atoms with Gasteiger partial charge in [-0.2, -0.15) is 0 Å². The summed E-state index contributed by atoms with van der Waals surface area (Å²) in [6.45, 7) is 1.97. The van der Waals surface area contributed by atoms with Crippen LogP contribution in [0.5, 0.6) is 0 Å². The molecule has 0 bridgehead atoms. The molecule has 0 saturated heterocycles. The molecule has 16 heavy (non-hydrogen) atoms. The Bertz CT molecular complexity index is 494. The minimum Gasteiger partial charge on any atom is -0.308 e. The topological polar surface area (TPSA) is 50.9 Å². The molecule has 0 unspecified atom stereocenters. The lowest BCUT2D eigenvalue weighted by atomic mass is 10.1. The maximum Gasteiger partial charge on any atom is 0.149 e. The number of halogens is 2. The number of hydrogen-bond acceptors (Lipinski definition) is 3. The van der Waals surface area contributed by atoms with Gasteiger partial charge in [0.15, 0.2) is 0 Å². The summed E-state index contributed by atoms with van der Waals surface area (Å²) in [7, 11) is 0. The highest BCUT2D eigenvalue weighted by Gasteiger charge is 2.10. The van der Waals surface area contributed by atoms with E-state index in [1.807, 2.05) is 13.0 Å². The molecule has 3 nitrogen and oxygen atoms in total. The number of nitrogens with one attached hydrogen (secondary N) is 1. The molecule has 5 heteroatoms. The van der Waals surface area contributed by atoms with E-state index in [1.165, 1.54) is 12.1 Å². The Kier molecular flexibility index (Phi) is 2.94. The number of hydrogen-bond donors (Lipinski definition) is 2. The smallest absolute Gasteiger partial charge is 0.149 e. The second kappa shape index (κ2) is 4.23. The predicted octanol–water partition coefficient (Wildman–Crippen LogP) is 2.88. The Morgan fingerprint density at radius 1 is 1.50 bits per heavy atom. The minimum atomic E-state index is -0.404. The summed E-state index contributed by atoms with van der Waals surface area (Å²) in [4.78, 5) is 4.13. The third kappa shape index (κ3) is 1.70. The van der Waals surface area contributed by atoms with Gasteiger partial charge < -0.3 is 5.43 Å². The van der Waals surface area contributed by atoms with Gasteiger partial charge in [-0.25, -0.2) is 15.2 Å². The van der Waals surface area contributed by atoms with Crippen molar-refractivity contribution in [3.05, 3.63) is 34.6 Å². The number of aryl methyl sites for hydroxylation is 1. The molecule has 0 aliphatic carbocycles. The standard InChI is InChI=1S/C11H11ClFN3/c1-2-6-5-7-8(12)3-4-9(13)10(7)15-11(6)16-14/h3-5H,2,14H2,1H3,(H,15,16). The zero-order valence-electron chi connectivity index (χ0n) is 8.72. The Morgan fingerprint density at radius 3 is 2.88 bits per heavy atom. The molecular formula is C11H11ClFN3. The van der Waals surface area contributed by atoms with Crippen LogP contribution in [0.4, 0.5) is 10.2 Å². The molecule has 0 amide bonds. The quantitative estimate of drug-likeness (QED) is 0.626. The lowest BCUT2D eigenvalue weighted by Gasteiger charge is -2.09. The monoisotopic (exact) mass is 239 g/mol. The van der Waals surface area contributed by atoms with E-state index >= 15 is 0 Å². The van der Waals surface area contributed by atoms with Gasteiger partial charge in [-0.1, -0.05) is 18.5 Å². The molecule has 0 aliphatic rings. The van der Waals surface area contributed by atoms with E-state index in [9.17, 15) is 4.39 Å². The van der Waals surface area contributed by atoms with Gasteiger partial charge in [0.1, 0.15) is 17.2 Å². The minimum absolute atomic E-state index is 0.234. The molecule has 0 radical (unpaired) electrons. The molecule has 0 spiro atoms. The van der Waals surface area contributed by atoms with Crippen LogP contribution in [0.1, 0.15) is 12.5 Å². The number of hydrazine groups is 1. The number of anilines is 1. The van der Waals surface area contributed by atoms with Gasteiger partial charge in [0.25, 0.3) is 0 Å². The molecule has 0 saturated carbocycles. The molecule has 1 aromatic carbocycles. The Hall–Kier alpha value is -1.39. The third-order valence-corrected chi connectivity index (χ3v) is 2.81. The number of aromatic nitrogens is 1. The molecule has 84 valence electrons. The molecule has 1 heterocycles. The van der Waals surface area contributed by atoms with Crippen molar-refractivity contribution in [1.29, 1.82) is 0 Å². The first-order valence-electron chi connectivity index (χ1n) is 4.91. The Labute approximate surface area is 97.4 Å². The fourth-order valence-corrected chi connectivity index (χ4v) is 1.84. The van der Waals surface area contributed by atoms with Crippen molar-refractivity contribution >= 4 is 28.3 Å². The Balaban J connectivity index is 2.82. The van der Waals surface area contributed by atoms with Crippen molar-refractivity contribution in [2.45, 2.75) is 13.3 Å². The van der Waals surface area contributed by atoms with Gasteiger partial charge in [-0.05, 0) is 30.2 Å². The van der Waals surface area contributed by atoms with E-state index < -0.39 is 5.82 Å². The van der Waals surface area contributed by atoms with Gasteiger partial charge in [-0.3, -0.25) is 0 Å². The van der Waals surface area contributed by atoms with Crippen LogP contribution in [0.3, 0.4) is 0 Å². The first kappa shape index (κ1) is 11.1. The highest BCUT2D eigenvalue weighted by molar-refractivity contribution is 6.35. The number of nitrogens with zero attached hydrogens (tertiary/aromatic N) is 1. The van der Waals surface area contributed by atoms with E-state index in [2.05, 4.69) is 10.4 Å². The average molecular weight is 240 g/mol. The van der Waals surface area contributed by atoms with Crippen LogP contribution in [0.2, 0.25) is 5.02 Å². The number of nitrogen functional groups attached to an aromatic ring is 1. The normalized spacial score (nSPS) is 10.8. The maximum absolute atomic E-state index is 13.5. The van der Waals surface area contributed by atoms with Crippen LogP contribution in [0.15, 0.2) is 18.2 Å². The zero-order chi connectivity index (χ0) is 11.7. The zero-order valence-corrected chi connectivity index (χ0v) is 9.48. The number of nitrogens with two attached hydrogens (primary N) is 1. The van der Waals surface area contributed by atoms with E-state index in [0.717, 1.165) is 12.0 Å². The fourth-order valence-electron chi connectivity index (χ4n) is 1.63. The van der Waals surface area contributed by atoms with Gasteiger partial charge in [0.05, 0.1) is 5.02 Å². The fraction of sp³-hybridized carbons (Fsp3) is 0.182. The van der Waals surface area contributed by atoms with Crippen molar-refractivity contribution in [1.82, 2.24) is 4.98 Å². The molecule has 0 aliphatic heterocycles. The van der Waals surface area contributed by atoms with Crippen molar-refractivity contribution in [2.75, 3.05) is 5.43 Å². The van der Waals surface area contributed by atoms with Crippen LogP contribution in [0.25, 0.3) is 10.9 Å². The van der Waals surface area contributed by atoms with E-state index in [0.29, 0.717) is 16.2 Å². The van der Waals surface area contributed by atoms with Crippen molar-refractivity contribution < 1.29 is 4.39 Å². The number of pyridine rings is 1. The van der Waals surface area contributed by atoms with Crippen LogP contribution >= 0.6 is 11.6 Å². The second-order valence-electron chi connectivity index (χ2n) is 3.42. The lowest BCUT2D eigenvalue weighted by Crippen LogP contribution is -2.11. The molecule has 0 fully saturated rings. The van der Waals surface area contributed by atoms with Gasteiger partial charge >= 0.3 is 0 Å². The van der Waals surface area contributed by atoms with E-state index in [-0.39, 0.29) is 5.52 Å². The number of benzene rings is 1. The molecule has 0 atom stereocenters. The van der Waals surface area contributed by atoms with Crippen LogP contribution in [-0.2, 0) is 6.42 Å². The summed E-state index contributed by atoms with van der Waals surface area (Å²) in [6, 6.07) is 4.63. The molecular weight excluding hydrogens is 229 g/mol. The van der Waals surface area contributed by atoms with Gasteiger partial charge in [-0.15, -0.1) is 0 Å². The molecule has 2 rings (SSSR count). The van der Waals surface area contributed by atoms with Gasteiger partial charge in [0.2, 0.25) is 0 Å². The number of fused-ring (bicyclic) bond motifs is 1. The summed E-state index contributed by atoms with van der Waals surface area (Å²) >= 11 is 6.00. The highest BCUT2D eigenvalue weighted by Crippen LogP contribution is 2.28. The van der Waals surface area contributed by atoms with Gasteiger partial charge in [0, 0.05) is 5.39 Å². The van der Waals surface area contributed by atoms with Crippen molar-refractivity contribution in [3.63, 3.8) is 0 Å². The molecule has 3 N–H and O–H groups in total. The summed E-state index contributed by atoms with van der Waals surface area (Å²) in [6.07, 6.45) is 0.745. The Morgan fingerprint density at radius 2 is 2.25 bits per heavy atom. The SMILES string of the molecule is CCc1cc2c(Cl)ccc(F)c2nc1NN. The van der Waals surface area contributed by atoms with E-state index in [4.69, 9.17) is 17.4 Å². The van der Waals surface area contributed by atoms with Crippen molar-refractivity contribution in [2.24, 2.45) is 5.84 Å². The summed E-state index contributed by atoms with van der Waals surface area (Å²) in [5.41, 5.74) is 3.60. The summed E-state index contributed by atoms with van der Waals surface area (Å²) in [5.74, 6) is 5.42. The summed E-state index contributed by atoms with van der Waals surface area (Å²) < 4.78 is 13.5. The van der Waals surface area contributed by atoms with Crippen LogP contribution < -0.4 is 11.3 Å². The molecule has 1 aromatic heterocycles. The highest BCUT2D eigenvalue weighted by atomic mass is 35.5. The largest absolute Gasteiger partial charge is 0.308 e. The van der Waals surface area contributed by atoms with E-state index in [1.54, 1.807) is 0 Å². The second-order valence-corrected chi connectivity index (χ2v) is 3.83. The molecule has 2 aromatic rings. The van der Waals surface area contributed by atoms with Crippen molar-refractivity contribution in [3.8, 4) is 0 Å². The maximum atomic E-state index is 13.5. The average Bonchev–Trinajstić information content (AvgIpc) is 2.32. The number of rotatable bonds is 2.